The van der Waals surface area contributed by atoms with Crippen molar-refractivity contribution in [2.24, 2.45) is 10.6 Å². The smallest absolute Gasteiger partial charge is 0.122 e. The van der Waals surface area contributed by atoms with Crippen molar-refractivity contribution in [2.45, 2.75) is 40.7 Å². The van der Waals surface area contributed by atoms with E-state index in [0.717, 1.165) is 0 Å². The molecule has 59 valence electrons. The third kappa shape index (κ3) is 7.47. The van der Waals surface area contributed by atoms with Gasteiger partial charge in [0.05, 0.1) is 0 Å². The second-order valence-electron chi connectivity index (χ2n) is 3.61. The van der Waals surface area contributed by atoms with Crippen molar-refractivity contribution in [1.82, 2.24) is 0 Å². The molecule has 10 heavy (non-hydrogen) atoms. The van der Waals surface area contributed by atoms with E-state index in [1.807, 2.05) is 34.6 Å². The van der Waals surface area contributed by atoms with Gasteiger partial charge in [-0.15, -0.1) is 0 Å². The predicted molar refractivity (Wildman–Crippen MR) is 43.1 cm³/mol. The standard InChI is InChI=1S/C8H16NO/c1-7(2)10-9-6-8(3,4)5/h7H,1-5H3. The summed E-state index contributed by atoms with van der Waals surface area (Å²) >= 11 is 0. The first-order valence-corrected chi connectivity index (χ1v) is 3.55. The Bertz CT molecular complexity index is 111. The molecule has 0 rings (SSSR count). The summed E-state index contributed by atoms with van der Waals surface area (Å²) in [5, 5.41) is 3.69. The number of hydrogen-bond acceptors (Lipinski definition) is 2. The molecule has 0 saturated heterocycles. The van der Waals surface area contributed by atoms with Gasteiger partial charge in [0.15, 0.2) is 0 Å². The molecule has 0 aliphatic heterocycles. The molecule has 1 radical (unpaired) electrons. The lowest BCUT2D eigenvalue weighted by Crippen LogP contribution is -2.07. The molecule has 0 amide bonds. The average molecular weight is 142 g/mol. The SMILES string of the molecule is CC(C)ON=[C]C(C)(C)C. The van der Waals surface area contributed by atoms with Crippen LogP contribution in [0.1, 0.15) is 34.6 Å². The summed E-state index contributed by atoms with van der Waals surface area (Å²) in [6.07, 6.45) is 3.00. The van der Waals surface area contributed by atoms with Gasteiger partial charge in [-0.3, -0.25) is 0 Å². The fourth-order valence-corrected chi connectivity index (χ4v) is 0.269. The van der Waals surface area contributed by atoms with E-state index in [1.54, 1.807) is 0 Å². The van der Waals surface area contributed by atoms with Crippen molar-refractivity contribution in [2.75, 3.05) is 0 Å². The van der Waals surface area contributed by atoms with Gasteiger partial charge in [-0.1, -0.05) is 25.9 Å². The Hall–Kier alpha value is -0.530. The van der Waals surface area contributed by atoms with E-state index in [1.165, 1.54) is 0 Å². The van der Waals surface area contributed by atoms with Crippen LogP contribution >= 0.6 is 0 Å². The van der Waals surface area contributed by atoms with Crippen molar-refractivity contribution in [3.63, 3.8) is 0 Å². The third-order valence-corrected chi connectivity index (χ3v) is 0.645. The minimum Gasteiger partial charge on any atom is -0.393 e. The van der Waals surface area contributed by atoms with Crippen LogP contribution < -0.4 is 0 Å². The molecule has 0 aromatic rings. The van der Waals surface area contributed by atoms with Crippen molar-refractivity contribution >= 4 is 6.21 Å². The summed E-state index contributed by atoms with van der Waals surface area (Å²) in [7, 11) is 0. The van der Waals surface area contributed by atoms with Crippen molar-refractivity contribution < 1.29 is 4.84 Å². The zero-order valence-electron chi connectivity index (χ0n) is 7.43. The maximum Gasteiger partial charge on any atom is 0.122 e. The highest BCUT2D eigenvalue weighted by atomic mass is 16.6. The first-order chi connectivity index (χ1) is 4.42. The Morgan fingerprint density at radius 2 is 1.80 bits per heavy atom. The van der Waals surface area contributed by atoms with Gasteiger partial charge in [-0.2, -0.15) is 0 Å². The first kappa shape index (κ1) is 9.47. The van der Waals surface area contributed by atoms with E-state index in [9.17, 15) is 0 Å². The zero-order valence-corrected chi connectivity index (χ0v) is 7.43. The molecule has 0 aromatic heterocycles. The third-order valence-electron chi connectivity index (χ3n) is 0.645. The highest BCUT2D eigenvalue weighted by molar-refractivity contribution is 5.63. The van der Waals surface area contributed by atoms with Gasteiger partial charge in [0.2, 0.25) is 0 Å². The summed E-state index contributed by atoms with van der Waals surface area (Å²) in [6.45, 7) is 9.96. The molecule has 0 heterocycles. The van der Waals surface area contributed by atoms with Gasteiger partial charge in [-0.05, 0) is 13.8 Å². The van der Waals surface area contributed by atoms with Gasteiger partial charge in [0.1, 0.15) is 12.3 Å². The van der Waals surface area contributed by atoms with E-state index in [-0.39, 0.29) is 11.5 Å². The van der Waals surface area contributed by atoms with E-state index < -0.39 is 0 Å². The molecule has 2 nitrogen and oxygen atoms in total. The molecule has 0 saturated carbocycles. The largest absolute Gasteiger partial charge is 0.393 e. The lowest BCUT2D eigenvalue weighted by Gasteiger charge is -2.08. The van der Waals surface area contributed by atoms with Crippen LogP contribution in [0.25, 0.3) is 0 Å². The van der Waals surface area contributed by atoms with Crippen LogP contribution in [-0.4, -0.2) is 12.3 Å². The molecular formula is C8H16NO. The van der Waals surface area contributed by atoms with Crippen LogP contribution in [0.3, 0.4) is 0 Å². The number of hydrogen-bond donors (Lipinski definition) is 0. The normalized spacial score (nSPS) is 13.0. The van der Waals surface area contributed by atoms with E-state index in [4.69, 9.17) is 4.84 Å². The quantitative estimate of drug-likeness (QED) is 0.428. The van der Waals surface area contributed by atoms with Gasteiger partial charge in [0, 0.05) is 5.41 Å². The van der Waals surface area contributed by atoms with Crippen molar-refractivity contribution in [3.05, 3.63) is 0 Å². The molecular weight excluding hydrogens is 126 g/mol. The fraction of sp³-hybridized carbons (Fsp3) is 0.875. The lowest BCUT2D eigenvalue weighted by molar-refractivity contribution is 0.0855. The Balaban J connectivity index is 3.57. The second kappa shape index (κ2) is 3.59. The summed E-state index contributed by atoms with van der Waals surface area (Å²) in [5.41, 5.74) is -0.00507. The Morgan fingerprint density at radius 3 is 2.10 bits per heavy atom. The Kier molecular flexibility index (Phi) is 3.40. The molecule has 0 aliphatic rings. The highest BCUT2D eigenvalue weighted by Crippen LogP contribution is 2.08. The van der Waals surface area contributed by atoms with Crippen LogP contribution in [0.4, 0.5) is 0 Å². The molecule has 0 aromatic carbocycles. The molecule has 2 heteroatoms. The molecule has 0 unspecified atom stereocenters. The molecule has 0 atom stereocenters. The van der Waals surface area contributed by atoms with E-state index in [0.29, 0.717) is 0 Å². The number of nitrogens with zero attached hydrogens (tertiary/aromatic N) is 1. The van der Waals surface area contributed by atoms with Crippen LogP contribution in [-0.2, 0) is 4.84 Å². The van der Waals surface area contributed by atoms with Crippen molar-refractivity contribution in [1.29, 1.82) is 0 Å². The maximum atomic E-state index is 4.93. The van der Waals surface area contributed by atoms with Gasteiger partial charge in [-0.25, -0.2) is 0 Å². The molecule has 0 fully saturated rings. The van der Waals surface area contributed by atoms with Crippen LogP contribution in [0, 0.1) is 5.41 Å². The molecule has 0 N–H and O–H groups in total. The Labute approximate surface area is 63.3 Å². The van der Waals surface area contributed by atoms with E-state index in [2.05, 4.69) is 11.4 Å². The fourth-order valence-electron chi connectivity index (χ4n) is 0.269. The topological polar surface area (TPSA) is 21.6 Å². The predicted octanol–water partition coefficient (Wildman–Crippen LogP) is 2.32. The number of rotatable bonds is 2. The zero-order chi connectivity index (χ0) is 8.20. The Morgan fingerprint density at radius 1 is 1.30 bits per heavy atom. The van der Waals surface area contributed by atoms with Gasteiger partial charge >= 0.3 is 0 Å². The van der Waals surface area contributed by atoms with Crippen LogP contribution in [0.5, 0.6) is 0 Å². The summed E-state index contributed by atoms with van der Waals surface area (Å²) < 4.78 is 0. The van der Waals surface area contributed by atoms with Gasteiger partial charge in [0.25, 0.3) is 0 Å². The van der Waals surface area contributed by atoms with Crippen molar-refractivity contribution in [3.8, 4) is 0 Å². The minimum absolute atomic E-state index is 0.00507. The second-order valence-corrected chi connectivity index (χ2v) is 3.61. The molecule has 0 spiro atoms. The van der Waals surface area contributed by atoms with Crippen LogP contribution in [0.15, 0.2) is 5.16 Å². The highest BCUT2D eigenvalue weighted by Gasteiger charge is 2.06. The summed E-state index contributed by atoms with van der Waals surface area (Å²) in [4.78, 5) is 4.93. The average Bonchev–Trinajstić information content (AvgIpc) is 1.59. The van der Waals surface area contributed by atoms with E-state index >= 15 is 0 Å². The first-order valence-electron chi connectivity index (χ1n) is 3.55. The summed E-state index contributed by atoms with van der Waals surface area (Å²) in [6, 6.07) is 0. The van der Waals surface area contributed by atoms with Gasteiger partial charge < -0.3 is 4.84 Å². The minimum atomic E-state index is -0.00507. The molecule has 0 bridgehead atoms. The summed E-state index contributed by atoms with van der Waals surface area (Å²) in [5.74, 6) is 0. The molecule has 0 aliphatic carbocycles. The van der Waals surface area contributed by atoms with Crippen LogP contribution in [0.2, 0.25) is 0 Å². The maximum absolute atomic E-state index is 4.93. The monoisotopic (exact) mass is 142 g/mol. The lowest BCUT2D eigenvalue weighted by atomic mass is 10.00.